The second-order valence-corrected chi connectivity index (χ2v) is 3.31. The minimum Gasteiger partial charge on any atom is -0.0622 e. The summed E-state index contributed by atoms with van der Waals surface area (Å²) in [7, 11) is 0. The molecule has 0 nitrogen and oxygen atoms in total. The average Bonchev–Trinajstić information content (AvgIpc) is 2.21. The van der Waals surface area contributed by atoms with Crippen LogP contribution in [-0.4, -0.2) is 51.4 Å². The topological polar surface area (TPSA) is 0 Å². The molecule has 0 fully saturated rings. The molecule has 0 spiro atoms. The fourth-order valence-electron chi connectivity index (χ4n) is 1.07. The molecule has 0 unspecified atom stereocenters. The van der Waals surface area contributed by atoms with E-state index in [4.69, 9.17) is 0 Å². The van der Waals surface area contributed by atoms with E-state index in [9.17, 15) is 0 Å². The van der Waals surface area contributed by atoms with Crippen molar-refractivity contribution in [2.45, 2.75) is 13.8 Å². The van der Waals surface area contributed by atoms with Crippen molar-refractivity contribution in [3.8, 4) is 0 Å². The first-order valence-corrected chi connectivity index (χ1v) is 4.82. The Morgan fingerprint density at radius 3 is 0.933 bits per heavy atom. The monoisotopic (exact) mass is 223 g/mol. The van der Waals surface area contributed by atoms with Gasteiger partial charge in [0.05, 0.1) is 0 Å². The molecule has 0 bridgehead atoms. The van der Waals surface area contributed by atoms with Crippen molar-refractivity contribution >= 4 is 51.4 Å². The SMILES string of the molecule is Cc1ccccc1.Cc1ccccc1.[K]. The molecule has 0 aliphatic heterocycles. The summed E-state index contributed by atoms with van der Waals surface area (Å²) >= 11 is 0. The van der Waals surface area contributed by atoms with E-state index in [1.807, 2.05) is 36.4 Å². The second-order valence-electron chi connectivity index (χ2n) is 3.31. The van der Waals surface area contributed by atoms with Gasteiger partial charge in [0.25, 0.3) is 0 Å². The molecule has 0 saturated heterocycles. The van der Waals surface area contributed by atoms with E-state index in [-0.39, 0.29) is 51.4 Å². The van der Waals surface area contributed by atoms with E-state index >= 15 is 0 Å². The Balaban J connectivity index is 0.000000245. The zero-order valence-electron chi connectivity index (χ0n) is 9.77. The van der Waals surface area contributed by atoms with Gasteiger partial charge in [-0.05, 0) is 13.8 Å². The molecule has 0 aliphatic carbocycles. The molecule has 2 aromatic carbocycles. The van der Waals surface area contributed by atoms with Gasteiger partial charge in [0.1, 0.15) is 0 Å². The third-order valence-corrected chi connectivity index (χ3v) is 1.88. The predicted molar refractivity (Wildman–Crippen MR) is 68.1 cm³/mol. The van der Waals surface area contributed by atoms with Crippen molar-refractivity contribution in [2.24, 2.45) is 0 Å². The summed E-state index contributed by atoms with van der Waals surface area (Å²) < 4.78 is 0. The fraction of sp³-hybridized carbons (Fsp3) is 0.143. The van der Waals surface area contributed by atoms with Crippen LogP contribution in [0.4, 0.5) is 0 Å². The van der Waals surface area contributed by atoms with Crippen molar-refractivity contribution in [3.63, 3.8) is 0 Å². The van der Waals surface area contributed by atoms with Crippen LogP contribution < -0.4 is 0 Å². The molecule has 2 aromatic rings. The summed E-state index contributed by atoms with van der Waals surface area (Å²) in [6.07, 6.45) is 0. The third kappa shape index (κ3) is 7.94. The Labute approximate surface area is 135 Å². The first-order valence-electron chi connectivity index (χ1n) is 4.82. The predicted octanol–water partition coefficient (Wildman–Crippen LogP) is 3.61. The molecule has 1 radical (unpaired) electrons. The maximum Gasteiger partial charge on any atom is 0 e. The quantitative estimate of drug-likeness (QED) is 0.599. The number of hydrogen-bond donors (Lipinski definition) is 0. The maximum absolute atomic E-state index is 2.08. The van der Waals surface area contributed by atoms with E-state index in [1.54, 1.807) is 0 Å². The summed E-state index contributed by atoms with van der Waals surface area (Å²) in [5.74, 6) is 0. The first-order chi connectivity index (χ1) is 6.79. The summed E-state index contributed by atoms with van der Waals surface area (Å²) in [5, 5.41) is 0. The van der Waals surface area contributed by atoms with E-state index in [0.29, 0.717) is 0 Å². The van der Waals surface area contributed by atoms with Gasteiger partial charge in [0, 0.05) is 51.4 Å². The van der Waals surface area contributed by atoms with Crippen LogP contribution in [0.2, 0.25) is 0 Å². The molecule has 1 heteroatoms. The molecule has 0 amide bonds. The van der Waals surface area contributed by atoms with E-state index in [0.717, 1.165) is 0 Å². The van der Waals surface area contributed by atoms with Crippen molar-refractivity contribution in [1.29, 1.82) is 0 Å². The number of hydrogen-bond acceptors (Lipinski definition) is 0. The van der Waals surface area contributed by atoms with Gasteiger partial charge in [-0.25, -0.2) is 0 Å². The molecular weight excluding hydrogens is 207 g/mol. The third-order valence-electron chi connectivity index (χ3n) is 1.88. The van der Waals surface area contributed by atoms with Crippen molar-refractivity contribution < 1.29 is 0 Å². The van der Waals surface area contributed by atoms with Crippen LogP contribution in [0.3, 0.4) is 0 Å². The molecule has 0 atom stereocenters. The first kappa shape index (κ1) is 15.1. The zero-order valence-corrected chi connectivity index (χ0v) is 12.9. The van der Waals surface area contributed by atoms with Gasteiger partial charge in [0.2, 0.25) is 0 Å². The molecule has 15 heavy (non-hydrogen) atoms. The van der Waals surface area contributed by atoms with Gasteiger partial charge in [-0.3, -0.25) is 0 Å². The molecule has 0 heterocycles. The van der Waals surface area contributed by atoms with E-state index < -0.39 is 0 Å². The second kappa shape index (κ2) is 9.31. The van der Waals surface area contributed by atoms with Gasteiger partial charge in [0.15, 0.2) is 0 Å². The van der Waals surface area contributed by atoms with E-state index in [2.05, 4.69) is 38.1 Å². The Kier molecular flexibility index (Phi) is 9.36. The van der Waals surface area contributed by atoms with Gasteiger partial charge in [-0.15, -0.1) is 0 Å². The Morgan fingerprint density at radius 1 is 0.533 bits per heavy atom. The standard InChI is InChI=1S/2C7H8.K/c2*1-7-5-3-2-4-6-7;/h2*2-6H,1H3;. The summed E-state index contributed by atoms with van der Waals surface area (Å²) in [6, 6.07) is 20.5. The van der Waals surface area contributed by atoms with Crippen molar-refractivity contribution in [2.75, 3.05) is 0 Å². The average molecular weight is 223 g/mol. The maximum atomic E-state index is 2.08. The van der Waals surface area contributed by atoms with Gasteiger partial charge >= 0.3 is 0 Å². The zero-order chi connectivity index (χ0) is 10.2. The molecular formula is C14H16K. The van der Waals surface area contributed by atoms with Crippen LogP contribution in [0.25, 0.3) is 0 Å². The van der Waals surface area contributed by atoms with Crippen LogP contribution in [0.5, 0.6) is 0 Å². The molecule has 0 aliphatic rings. The molecule has 0 aromatic heterocycles. The molecule has 73 valence electrons. The van der Waals surface area contributed by atoms with Crippen LogP contribution >= 0.6 is 0 Å². The van der Waals surface area contributed by atoms with Crippen molar-refractivity contribution in [1.82, 2.24) is 0 Å². The van der Waals surface area contributed by atoms with Gasteiger partial charge in [-0.2, -0.15) is 0 Å². The summed E-state index contributed by atoms with van der Waals surface area (Å²) in [5.41, 5.74) is 2.64. The number of rotatable bonds is 0. The largest absolute Gasteiger partial charge is 0.0622 e. The molecule has 0 N–H and O–H groups in total. The van der Waals surface area contributed by atoms with Crippen LogP contribution in [0.15, 0.2) is 60.7 Å². The summed E-state index contributed by atoms with van der Waals surface area (Å²) in [4.78, 5) is 0. The number of benzene rings is 2. The Bertz CT molecular complexity index is 303. The van der Waals surface area contributed by atoms with Gasteiger partial charge < -0.3 is 0 Å². The van der Waals surface area contributed by atoms with E-state index in [1.165, 1.54) is 11.1 Å². The normalized spacial score (nSPS) is 8.13. The Morgan fingerprint density at radius 2 is 0.800 bits per heavy atom. The minimum absolute atomic E-state index is 0. The van der Waals surface area contributed by atoms with Crippen LogP contribution in [0, 0.1) is 13.8 Å². The number of aryl methyl sites for hydroxylation is 2. The van der Waals surface area contributed by atoms with Crippen molar-refractivity contribution in [3.05, 3.63) is 71.8 Å². The van der Waals surface area contributed by atoms with Gasteiger partial charge in [-0.1, -0.05) is 71.8 Å². The smallest absolute Gasteiger partial charge is 0 e. The van der Waals surface area contributed by atoms with Crippen LogP contribution in [0.1, 0.15) is 11.1 Å². The fourth-order valence-corrected chi connectivity index (χ4v) is 1.07. The van der Waals surface area contributed by atoms with Crippen LogP contribution in [-0.2, 0) is 0 Å². The Hall–Kier alpha value is 0.0764. The molecule has 0 saturated carbocycles. The minimum atomic E-state index is 0. The molecule has 2 rings (SSSR count). The summed E-state index contributed by atoms with van der Waals surface area (Å²) in [6.45, 7) is 4.17.